The van der Waals surface area contributed by atoms with Crippen LogP contribution in [-0.2, 0) is 6.54 Å². The van der Waals surface area contributed by atoms with Crippen molar-refractivity contribution in [3.05, 3.63) is 79.8 Å². The van der Waals surface area contributed by atoms with E-state index in [1.54, 1.807) is 24.3 Å². The van der Waals surface area contributed by atoms with Crippen molar-refractivity contribution < 1.29 is 4.92 Å². The van der Waals surface area contributed by atoms with E-state index in [0.29, 0.717) is 22.1 Å². The number of non-ortho nitro benzene ring substituents is 1. The number of benzene rings is 1. The van der Waals surface area contributed by atoms with Crippen molar-refractivity contribution in [3.8, 4) is 0 Å². The maximum atomic E-state index is 12.1. The van der Waals surface area contributed by atoms with Crippen LogP contribution in [0, 0.1) is 10.1 Å². The third kappa shape index (κ3) is 3.29. The molecule has 0 radical (unpaired) electrons. The van der Waals surface area contributed by atoms with Gasteiger partial charge in [-0.2, -0.15) is 0 Å². The molecule has 0 aliphatic rings. The molecule has 8 heteroatoms. The van der Waals surface area contributed by atoms with Gasteiger partial charge in [-0.1, -0.05) is 17.7 Å². The van der Waals surface area contributed by atoms with Gasteiger partial charge in [0.2, 0.25) is 0 Å². The van der Waals surface area contributed by atoms with Crippen molar-refractivity contribution in [3.63, 3.8) is 0 Å². The standard InChI is InChI=1S/C15H11ClN4O3/c16-10-4-5-14-18-12(7-15(21)19(14)9-10)8-17-11-2-1-3-13(6-11)20(22)23/h1-7,9,17H,8H2. The first kappa shape index (κ1) is 15.0. The summed E-state index contributed by atoms with van der Waals surface area (Å²) in [5, 5.41) is 14.2. The zero-order valence-electron chi connectivity index (χ0n) is 11.8. The van der Waals surface area contributed by atoms with Gasteiger partial charge in [-0.25, -0.2) is 4.98 Å². The second-order valence-corrected chi connectivity index (χ2v) is 5.26. The summed E-state index contributed by atoms with van der Waals surface area (Å²) in [7, 11) is 0. The van der Waals surface area contributed by atoms with E-state index in [4.69, 9.17) is 11.6 Å². The van der Waals surface area contributed by atoms with Crippen molar-refractivity contribution in [2.75, 3.05) is 5.32 Å². The fourth-order valence-corrected chi connectivity index (χ4v) is 2.30. The Kier molecular flexibility index (Phi) is 3.94. The summed E-state index contributed by atoms with van der Waals surface area (Å²) in [4.78, 5) is 26.7. The third-order valence-electron chi connectivity index (χ3n) is 3.21. The molecule has 0 amide bonds. The molecule has 116 valence electrons. The van der Waals surface area contributed by atoms with E-state index in [0.717, 1.165) is 0 Å². The Hall–Kier alpha value is -2.93. The van der Waals surface area contributed by atoms with Gasteiger partial charge in [-0.05, 0) is 18.2 Å². The van der Waals surface area contributed by atoms with Crippen molar-refractivity contribution in [2.45, 2.75) is 6.54 Å². The van der Waals surface area contributed by atoms with Crippen molar-refractivity contribution in [2.24, 2.45) is 0 Å². The van der Waals surface area contributed by atoms with Gasteiger partial charge < -0.3 is 5.32 Å². The van der Waals surface area contributed by atoms with Gasteiger partial charge in [0.25, 0.3) is 11.2 Å². The van der Waals surface area contributed by atoms with Gasteiger partial charge in [-0.15, -0.1) is 0 Å². The Bertz CT molecular complexity index is 955. The molecular weight excluding hydrogens is 320 g/mol. The van der Waals surface area contributed by atoms with E-state index in [-0.39, 0.29) is 17.8 Å². The molecule has 1 aromatic carbocycles. The maximum absolute atomic E-state index is 12.1. The first-order valence-electron chi connectivity index (χ1n) is 6.69. The molecule has 0 spiro atoms. The third-order valence-corrected chi connectivity index (χ3v) is 3.43. The van der Waals surface area contributed by atoms with E-state index >= 15 is 0 Å². The van der Waals surface area contributed by atoms with Crippen molar-refractivity contribution in [1.82, 2.24) is 9.38 Å². The van der Waals surface area contributed by atoms with E-state index in [1.807, 2.05) is 0 Å². The topological polar surface area (TPSA) is 89.5 Å². The highest BCUT2D eigenvalue weighted by Crippen LogP contribution is 2.17. The fraction of sp³-hybridized carbons (Fsp3) is 0.0667. The SMILES string of the molecule is O=c1cc(CNc2cccc([N+](=O)[O-])c2)nc2ccc(Cl)cn12. The van der Waals surface area contributed by atoms with Crippen LogP contribution in [0.4, 0.5) is 11.4 Å². The lowest BCUT2D eigenvalue weighted by Crippen LogP contribution is -2.16. The lowest BCUT2D eigenvalue weighted by molar-refractivity contribution is -0.384. The first-order chi connectivity index (χ1) is 11.0. The number of aromatic nitrogens is 2. The average Bonchev–Trinajstić information content (AvgIpc) is 2.54. The minimum atomic E-state index is -0.463. The number of fused-ring (bicyclic) bond motifs is 1. The molecule has 1 N–H and O–H groups in total. The van der Waals surface area contributed by atoms with Crippen molar-refractivity contribution in [1.29, 1.82) is 0 Å². The largest absolute Gasteiger partial charge is 0.379 e. The molecule has 7 nitrogen and oxygen atoms in total. The van der Waals surface area contributed by atoms with E-state index in [2.05, 4.69) is 10.3 Å². The van der Waals surface area contributed by atoms with Crippen LogP contribution in [0.5, 0.6) is 0 Å². The number of pyridine rings is 1. The highest BCUT2D eigenvalue weighted by atomic mass is 35.5. The van der Waals surface area contributed by atoms with Crippen LogP contribution in [0.1, 0.15) is 5.69 Å². The Morgan fingerprint density at radius 1 is 1.26 bits per heavy atom. The van der Waals surface area contributed by atoms with Gasteiger partial charge in [0.05, 0.1) is 22.2 Å². The Balaban J connectivity index is 1.85. The number of nitrogens with zero attached hydrogens (tertiary/aromatic N) is 3. The quantitative estimate of drug-likeness (QED) is 0.587. The zero-order chi connectivity index (χ0) is 16.4. The van der Waals surface area contributed by atoms with Crippen LogP contribution < -0.4 is 10.9 Å². The van der Waals surface area contributed by atoms with Crippen molar-refractivity contribution >= 4 is 28.6 Å². The summed E-state index contributed by atoms with van der Waals surface area (Å²) < 4.78 is 1.36. The number of nitrogens with one attached hydrogen (secondary N) is 1. The van der Waals surface area contributed by atoms with Gasteiger partial charge >= 0.3 is 0 Å². The minimum Gasteiger partial charge on any atom is -0.379 e. The number of anilines is 1. The van der Waals surface area contributed by atoms with Gasteiger partial charge in [0.15, 0.2) is 0 Å². The molecule has 23 heavy (non-hydrogen) atoms. The molecule has 2 aromatic heterocycles. The Morgan fingerprint density at radius 3 is 2.87 bits per heavy atom. The highest BCUT2D eigenvalue weighted by Gasteiger charge is 2.07. The van der Waals surface area contributed by atoms with Gasteiger partial charge in [-0.3, -0.25) is 19.3 Å². The molecule has 0 fully saturated rings. The second kappa shape index (κ2) is 6.05. The predicted octanol–water partition coefficient (Wildman–Crippen LogP) is 2.87. The molecule has 0 atom stereocenters. The van der Waals surface area contributed by atoms with E-state index in [1.165, 1.54) is 28.8 Å². The molecule has 3 aromatic rings. The molecule has 0 saturated heterocycles. The maximum Gasteiger partial charge on any atom is 0.271 e. The predicted molar refractivity (Wildman–Crippen MR) is 86.9 cm³/mol. The van der Waals surface area contributed by atoms with Crippen LogP contribution in [0.3, 0.4) is 0 Å². The molecule has 2 heterocycles. The molecule has 0 saturated carbocycles. The molecule has 0 aliphatic heterocycles. The van der Waals surface area contributed by atoms with E-state index < -0.39 is 4.92 Å². The van der Waals surface area contributed by atoms with E-state index in [9.17, 15) is 14.9 Å². The summed E-state index contributed by atoms with van der Waals surface area (Å²) in [6.07, 6.45) is 1.50. The van der Waals surface area contributed by atoms with Gasteiger partial charge in [0, 0.05) is 30.1 Å². The second-order valence-electron chi connectivity index (χ2n) is 4.82. The number of rotatable bonds is 4. The Morgan fingerprint density at radius 2 is 2.09 bits per heavy atom. The minimum absolute atomic E-state index is 0.00354. The molecule has 0 bridgehead atoms. The molecule has 0 aliphatic carbocycles. The lowest BCUT2D eigenvalue weighted by atomic mass is 10.2. The zero-order valence-corrected chi connectivity index (χ0v) is 12.5. The molecule has 0 unspecified atom stereocenters. The molecular formula is C15H11ClN4O3. The highest BCUT2D eigenvalue weighted by molar-refractivity contribution is 6.30. The summed E-state index contributed by atoms with van der Waals surface area (Å²) in [6, 6.07) is 10.8. The number of hydrogen-bond donors (Lipinski definition) is 1. The van der Waals surface area contributed by atoms with Crippen LogP contribution >= 0.6 is 11.6 Å². The Labute approximate surface area is 135 Å². The summed E-state index contributed by atoms with van der Waals surface area (Å²) in [6.45, 7) is 0.273. The smallest absolute Gasteiger partial charge is 0.271 e. The number of nitro benzene ring substituents is 1. The summed E-state index contributed by atoms with van der Waals surface area (Å²) >= 11 is 5.86. The molecule has 3 rings (SSSR count). The fourth-order valence-electron chi connectivity index (χ4n) is 2.14. The average molecular weight is 331 g/mol. The van der Waals surface area contributed by atoms with Crippen LogP contribution in [-0.4, -0.2) is 14.3 Å². The van der Waals surface area contributed by atoms with Crippen LogP contribution in [0.2, 0.25) is 5.02 Å². The monoisotopic (exact) mass is 330 g/mol. The van der Waals surface area contributed by atoms with Crippen LogP contribution in [0.25, 0.3) is 5.65 Å². The number of hydrogen-bond acceptors (Lipinski definition) is 5. The number of nitro groups is 1. The van der Waals surface area contributed by atoms with Gasteiger partial charge in [0.1, 0.15) is 5.65 Å². The normalized spacial score (nSPS) is 10.7. The number of halogens is 1. The lowest BCUT2D eigenvalue weighted by Gasteiger charge is -2.07. The summed E-state index contributed by atoms with van der Waals surface area (Å²) in [5.74, 6) is 0. The van der Waals surface area contributed by atoms with Crippen LogP contribution in [0.15, 0.2) is 53.5 Å². The summed E-state index contributed by atoms with van der Waals surface area (Å²) in [5.41, 5.74) is 1.35. The first-order valence-corrected chi connectivity index (χ1v) is 7.07.